The van der Waals surface area contributed by atoms with Crippen molar-refractivity contribution in [2.24, 2.45) is 11.5 Å². The van der Waals surface area contributed by atoms with Crippen molar-refractivity contribution < 1.29 is 9.59 Å². The summed E-state index contributed by atoms with van der Waals surface area (Å²) < 4.78 is 0. The highest BCUT2D eigenvalue weighted by Gasteiger charge is 1.86. The molecule has 4 heteroatoms. The normalized spacial score (nSPS) is 11.1. The summed E-state index contributed by atoms with van der Waals surface area (Å²) in [5.74, 6) is -0.836. The van der Waals surface area contributed by atoms with Gasteiger partial charge in [-0.2, -0.15) is 0 Å². The summed E-state index contributed by atoms with van der Waals surface area (Å²) in [5, 5.41) is 0. The van der Waals surface area contributed by atoms with Gasteiger partial charge < -0.3 is 11.5 Å². The van der Waals surface area contributed by atoms with Gasteiger partial charge in [-0.05, 0) is 37.8 Å². The van der Waals surface area contributed by atoms with E-state index in [1.165, 1.54) is 12.2 Å². The molecule has 78 valence electrons. The summed E-state index contributed by atoms with van der Waals surface area (Å²) in [4.78, 5) is 20.6. The molecule has 0 saturated carbocycles. The number of carbonyl (C=O) groups is 2. The Balaban J connectivity index is 3.30. The van der Waals surface area contributed by atoms with Crippen LogP contribution in [0.5, 0.6) is 0 Å². The highest BCUT2D eigenvalue weighted by molar-refractivity contribution is 5.85. The first-order chi connectivity index (χ1) is 6.63. The first kappa shape index (κ1) is 12.4. The largest absolute Gasteiger partial charge is 0.366 e. The molecule has 0 radical (unpaired) electrons. The molecule has 0 aromatic heterocycles. The van der Waals surface area contributed by atoms with Gasteiger partial charge in [0.15, 0.2) is 0 Å². The Labute approximate surface area is 83.6 Å². The lowest BCUT2D eigenvalue weighted by Crippen LogP contribution is -2.05. The molecular weight excluding hydrogens is 180 g/mol. The number of hydrogen-bond acceptors (Lipinski definition) is 2. The number of amides is 2. The van der Waals surface area contributed by atoms with Gasteiger partial charge >= 0.3 is 0 Å². The van der Waals surface area contributed by atoms with E-state index in [9.17, 15) is 9.59 Å². The third-order valence-electron chi connectivity index (χ3n) is 1.56. The Kier molecular flexibility index (Phi) is 7.13. The second-order valence-electron chi connectivity index (χ2n) is 2.89. The van der Waals surface area contributed by atoms with Crippen molar-refractivity contribution in [2.45, 2.75) is 25.7 Å². The maximum absolute atomic E-state index is 10.3. The van der Waals surface area contributed by atoms with E-state index in [2.05, 4.69) is 0 Å². The molecule has 14 heavy (non-hydrogen) atoms. The Morgan fingerprint density at radius 3 is 1.50 bits per heavy atom. The highest BCUT2D eigenvalue weighted by Crippen LogP contribution is 2.01. The summed E-state index contributed by atoms with van der Waals surface area (Å²) in [6, 6.07) is 0. The van der Waals surface area contributed by atoms with Crippen LogP contribution in [0.25, 0.3) is 0 Å². The van der Waals surface area contributed by atoms with E-state index < -0.39 is 11.8 Å². The van der Waals surface area contributed by atoms with Crippen molar-refractivity contribution in [1.82, 2.24) is 0 Å². The predicted molar refractivity (Wildman–Crippen MR) is 55.1 cm³/mol. The van der Waals surface area contributed by atoms with Crippen LogP contribution in [-0.4, -0.2) is 11.8 Å². The Hall–Kier alpha value is -1.58. The first-order valence-electron chi connectivity index (χ1n) is 4.55. The van der Waals surface area contributed by atoms with Gasteiger partial charge in [0, 0.05) is 0 Å². The van der Waals surface area contributed by atoms with Crippen molar-refractivity contribution in [3.05, 3.63) is 24.3 Å². The fourth-order valence-electron chi connectivity index (χ4n) is 0.923. The zero-order valence-electron chi connectivity index (χ0n) is 8.11. The quantitative estimate of drug-likeness (QED) is 0.462. The zero-order chi connectivity index (χ0) is 10.8. The molecule has 0 bridgehead atoms. The summed E-state index contributed by atoms with van der Waals surface area (Å²) in [6.07, 6.45) is 9.80. The van der Waals surface area contributed by atoms with Crippen LogP contribution < -0.4 is 11.5 Å². The van der Waals surface area contributed by atoms with Gasteiger partial charge in [-0.15, -0.1) is 0 Å². The average Bonchev–Trinajstić information content (AvgIpc) is 2.08. The molecule has 4 nitrogen and oxygen atoms in total. The molecule has 4 N–H and O–H groups in total. The monoisotopic (exact) mass is 196 g/mol. The number of carbonyl (C=O) groups excluding carboxylic acids is 2. The Bertz CT molecular complexity index is 219. The van der Waals surface area contributed by atoms with Gasteiger partial charge in [0.2, 0.25) is 11.8 Å². The summed E-state index contributed by atoms with van der Waals surface area (Å²) in [5.41, 5.74) is 9.80. The lowest BCUT2D eigenvalue weighted by Gasteiger charge is -1.91. The van der Waals surface area contributed by atoms with Crippen molar-refractivity contribution in [3.8, 4) is 0 Å². The first-order valence-corrected chi connectivity index (χ1v) is 4.55. The zero-order valence-corrected chi connectivity index (χ0v) is 8.11. The van der Waals surface area contributed by atoms with Crippen LogP contribution in [0.4, 0.5) is 0 Å². The fraction of sp³-hybridized carbons (Fsp3) is 0.400. The van der Waals surface area contributed by atoms with Gasteiger partial charge in [-0.1, -0.05) is 12.2 Å². The number of nitrogens with two attached hydrogens (primary N) is 2. The van der Waals surface area contributed by atoms with E-state index in [0.717, 1.165) is 25.7 Å². The maximum Gasteiger partial charge on any atom is 0.241 e. The molecule has 2 amide bonds. The molecule has 0 atom stereocenters. The Morgan fingerprint density at radius 2 is 1.21 bits per heavy atom. The second kappa shape index (κ2) is 8.04. The molecular formula is C10H16N2O2. The van der Waals surface area contributed by atoms with E-state index >= 15 is 0 Å². The summed E-state index contributed by atoms with van der Waals surface area (Å²) >= 11 is 0. The van der Waals surface area contributed by atoms with Crippen molar-refractivity contribution >= 4 is 11.8 Å². The predicted octanol–water partition coefficient (Wildman–Crippen LogP) is 0.630. The van der Waals surface area contributed by atoms with Crippen LogP contribution in [0, 0.1) is 0 Å². The standard InChI is InChI=1S/C10H16N2O2/c11-9(13)7-5-3-1-2-4-6-8-10(12)14/h5-8H,1-4H2,(H2,11,13)(H2,12,14). The van der Waals surface area contributed by atoms with Crippen molar-refractivity contribution in [3.63, 3.8) is 0 Å². The van der Waals surface area contributed by atoms with Crippen LogP contribution >= 0.6 is 0 Å². The second-order valence-corrected chi connectivity index (χ2v) is 2.89. The minimum absolute atomic E-state index is 0.418. The average molecular weight is 196 g/mol. The highest BCUT2D eigenvalue weighted by atomic mass is 16.1. The lowest BCUT2D eigenvalue weighted by molar-refractivity contribution is -0.114. The Morgan fingerprint density at radius 1 is 0.857 bits per heavy atom. The minimum atomic E-state index is -0.418. The van der Waals surface area contributed by atoms with Gasteiger partial charge in [0.25, 0.3) is 0 Å². The molecule has 0 aromatic carbocycles. The number of rotatable bonds is 7. The molecule has 0 aliphatic rings. The van der Waals surface area contributed by atoms with Gasteiger partial charge in [-0.25, -0.2) is 0 Å². The third-order valence-corrected chi connectivity index (χ3v) is 1.56. The topological polar surface area (TPSA) is 86.2 Å². The third kappa shape index (κ3) is 10.4. The molecule has 0 rings (SSSR count). The van der Waals surface area contributed by atoms with E-state index in [-0.39, 0.29) is 0 Å². The minimum Gasteiger partial charge on any atom is -0.366 e. The number of hydrogen-bond donors (Lipinski definition) is 2. The SMILES string of the molecule is NC(=O)C=CCCCCC=CC(N)=O. The van der Waals surface area contributed by atoms with Gasteiger partial charge in [0.05, 0.1) is 0 Å². The molecule has 0 fully saturated rings. The smallest absolute Gasteiger partial charge is 0.241 e. The van der Waals surface area contributed by atoms with Crippen LogP contribution in [0.2, 0.25) is 0 Å². The fourth-order valence-corrected chi connectivity index (χ4v) is 0.923. The molecule has 0 unspecified atom stereocenters. The van der Waals surface area contributed by atoms with Crippen LogP contribution in [0.15, 0.2) is 24.3 Å². The van der Waals surface area contributed by atoms with Crippen LogP contribution in [-0.2, 0) is 9.59 Å². The molecule has 0 heterocycles. The van der Waals surface area contributed by atoms with Crippen LogP contribution in [0.3, 0.4) is 0 Å². The van der Waals surface area contributed by atoms with Crippen LogP contribution in [0.1, 0.15) is 25.7 Å². The molecule has 0 aliphatic heterocycles. The summed E-state index contributed by atoms with van der Waals surface area (Å²) in [6.45, 7) is 0. The van der Waals surface area contributed by atoms with Gasteiger partial charge in [0.1, 0.15) is 0 Å². The molecule has 0 aliphatic carbocycles. The van der Waals surface area contributed by atoms with E-state index in [0.29, 0.717) is 0 Å². The van der Waals surface area contributed by atoms with E-state index in [1.807, 2.05) is 0 Å². The summed E-state index contributed by atoms with van der Waals surface area (Å²) in [7, 11) is 0. The molecule has 0 spiro atoms. The molecule has 0 aromatic rings. The van der Waals surface area contributed by atoms with Crippen molar-refractivity contribution in [1.29, 1.82) is 0 Å². The van der Waals surface area contributed by atoms with E-state index in [1.54, 1.807) is 12.2 Å². The van der Waals surface area contributed by atoms with E-state index in [4.69, 9.17) is 11.5 Å². The maximum atomic E-state index is 10.3. The number of primary amides is 2. The lowest BCUT2D eigenvalue weighted by atomic mass is 10.2. The molecule has 0 saturated heterocycles. The number of unbranched alkanes of at least 4 members (excludes halogenated alkanes) is 3. The van der Waals surface area contributed by atoms with Crippen molar-refractivity contribution in [2.75, 3.05) is 0 Å². The van der Waals surface area contributed by atoms with Gasteiger partial charge in [-0.3, -0.25) is 9.59 Å². The number of allylic oxidation sites excluding steroid dienone is 2.